The van der Waals surface area contributed by atoms with E-state index in [9.17, 15) is 22.8 Å². The number of rotatable bonds is 2. The lowest BCUT2D eigenvalue weighted by Gasteiger charge is -2.37. The summed E-state index contributed by atoms with van der Waals surface area (Å²) in [5, 5.41) is 2.22. The minimum Gasteiger partial charge on any atom is -0.453 e. The zero-order chi connectivity index (χ0) is 18.9. The first-order valence-electron chi connectivity index (χ1n) is 7.85. The Morgan fingerprint density at radius 3 is 2.73 bits per heavy atom. The van der Waals surface area contributed by atoms with Crippen molar-refractivity contribution in [2.75, 3.05) is 13.7 Å². The van der Waals surface area contributed by atoms with Gasteiger partial charge in [-0.1, -0.05) is 6.07 Å². The number of nitrogens with zero attached hydrogens (tertiary/aromatic N) is 2. The van der Waals surface area contributed by atoms with Gasteiger partial charge in [-0.3, -0.25) is 9.78 Å². The summed E-state index contributed by atoms with van der Waals surface area (Å²) in [6.45, 7) is 0.303. The average Bonchev–Trinajstić information content (AvgIpc) is 3.06. The second kappa shape index (κ2) is 6.85. The highest BCUT2D eigenvalue weighted by Gasteiger charge is 2.37. The van der Waals surface area contributed by atoms with Gasteiger partial charge in [0.2, 0.25) is 0 Å². The molecule has 10 heteroatoms. The maximum absolute atomic E-state index is 12.7. The van der Waals surface area contributed by atoms with Crippen LogP contribution in [0.2, 0.25) is 0 Å². The van der Waals surface area contributed by atoms with Gasteiger partial charge in [-0.15, -0.1) is 0 Å². The summed E-state index contributed by atoms with van der Waals surface area (Å²) < 4.78 is 48.1. The van der Waals surface area contributed by atoms with Crippen LogP contribution in [0, 0.1) is 0 Å². The van der Waals surface area contributed by atoms with Gasteiger partial charge in [-0.05, 0) is 24.5 Å². The van der Waals surface area contributed by atoms with Crippen LogP contribution < -0.4 is 5.56 Å². The Labute approximate surface area is 145 Å². The van der Waals surface area contributed by atoms with Crippen LogP contribution in [-0.4, -0.2) is 34.8 Å². The summed E-state index contributed by atoms with van der Waals surface area (Å²) in [6, 6.07) is 2.97. The third-order valence-corrected chi connectivity index (χ3v) is 4.42. The van der Waals surface area contributed by atoms with E-state index in [1.807, 2.05) is 0 Å². The molecule has 1 saturated heterocycles. The second-order valence-corrected chi connectivity index (χ2v) is 5.99. The van der Waals surface area contributed by atoms with Crippen LogP contribution in [0.3, 0.4) is 0 Å². The number of hydrogen-bond donors (Lipinski definition) is 1. The van der Waals surface area contributed by atoms with Crippen LogP contribution in [0.4, 0.5) is 18.0 Å². The number of halogens is 3. The van der Waals surface area contributed by atoms with E-state index < -0.39 is 24.0 Å². The van der Waals surface area contributed by atoms with Gasteiger partial charge in [0.15, 0.2) is 0 Å². The zero-order valence-electron chi connectivity index (χ0n) is 13.7. The molecule has 1 fully saturated rings. The van der Waals surface area contributed by atoms with Crippen LogP contribution in [0.15, 0.2) is 33.7 Å². The second-order valence-electron chi connectivity index (χ2n) is 5.99. The fraction of sp³-hybridized carbons (Fsp3) is 0.438. The van der Waals surface area contributed by atoms with E-state index in [2.05, 4.69) is 10.1 Å². The minimum atomic E-state index is -4.54. The largest absolute Gasteiger partial charge is 0.453 e. The molecular weight excluding hydrogens is 355 g/mol. The number of alkyl halides is 3. The summed E-state index contributed by atoms with van der Waals surface area (Å²) in [5.74, 6) is 0.284. The molecule has 0 bridgehead atoms. The van der Waals surface area contributed by atoms with Gasteiger partial charge >= 0.3 is 12.3 Å². The monoisotopic (exact) mass is 371 g/mol. The molecule has 1 aliphatic heterocycles. The SMILES string of the molecule is COC(=O)N1CC[C@H](c2cc(=O)[nH]o2)C[C@@H]1c1ccc(C(F)(F)F)nc1. The van der Waals surface area contributed by atoms with Crippen molar-refractivity contribution in [3.8, 4) is 0 Å². The van der Waals surface area contributed by atoms with E-state index in [4.69, 9.17) is 9.26 Å². The van der Waals surface area contributed by atoms with Crippen molar-refractivity contribution in [2.45, 2.75) is 31.0 Å². The Morgan fingerprint density at radius 1 is 1.42 bits per heavy atom. The number of amides is 1. The minimum absolute atomic E-state index is 0.165. The van der Waals surface area contributed by atoms with Gasteiger partial charge in [0.1, 0.15) is 11.5 Å². The first kappa shape index (κ1) is 18.0. The number of piperidine rings is 1. The Hall–Kier alpha value is -2.78. The molecule has 0 unspecified atom stereocenters. The number of likely N-dealkylation sites (tertiary alicyclic amines) is 1. The van der Waals surface area contributed by atoms with Crippen molar-refractivity contribution in [1.29, 1.82) is 0 Å². The van der Waals surface area contributed by atoms with Crippen LogP contribution in [0.25, 0.3) is 0 Å². The van der Waals surface area contributed by atoms with Crippen molar-refractivity contribution in [2.24, 2.45) is 0 Å². The number of hydrogen-bond acceptors (Lipinski definition) is 5. The molecule has 3 heterocycles. The van der Waals surface area contributed by atoms with Crippen LogP contribution in [0.1, 0.15) is 41.8 Å². The predicted molar refractivity (Wildman–Crippen MR) is 82.4 cm³/mol. The van der Waals surface area contributed by atoms with Crippen molar-refractivity contribution in [3.05, 3.63) is 51.8 Å². The van der Waals surface area contributed by atoms with E-state index in [0.717, 1.165) is 12.3 Å². The number of carbonyl (C=O) groups is 1. The predicted octanol–water partition coefficient (Wildman–Crippen LogP) is 3.07. The molecule has 1 aliphatic rings. The first-order chi connectivity index (χ1) is 12.3. The normalized spacial score (nSPS) is 20.8. The van der Waals surface area contributed by atoms with Crippen molar-refractivity contribution in [1.82, 2.24) is 15.0 Å². The van der Waals surface area contributed by atoms with E-state index in [0.29, 0.717) is 30.7 Å². The molecular formula is C16H16F3N3O4. The standard InChI is InChI=1S/C16H16F3N3O4/c1-25-15(24)22-5-4-9(12-7-14(23)21-26-12)6-11(22)10-2-3-13(20-8-10)16(17,18)19/h2-3,7-9,11H,4-6H2,1H3,(H,21,23)/t9-,11+/m0/s1. The van der Waals surface area contributed by atoms with Gasteiger partial charge in [-0.2, -0.15) is 18.3 Å². The molecule has 2 atom stereocenters. The summed E-state index contributed by atoms with van der Waals surface area (Å²) in [4.78, 5) is 28.2. The van der Waals surface area contributed by atoms with Gasteiger partial charge in [0, 0.05) is 24.7 Å². The fourth-order valence-electron chi connectivity index (χ4n) is 3.14. The molecule has 26 heavy (non-hydrogen) atoms. The van der Waals surface area contributed by atoms with E-state index >= 15 is 0 Å². The Bertz CT molecular complexity index is 828. The quantitative estimate of drug-likeness (QED) is 0.877. The lowest BCUT2D eigenvalue weighted by atomic mass is 9.86. The zero-order valence-corrected chi connectivity index (χ0v) is 13.7. The number of nitrogens with one attached hydrogen (secondary N) is 1. The number of pyridine rings is 1. The van der Waals surface area contributed by atoms with Crippen molar-refractivity contribution in [3.63, 3.8) is 0 Å². The first-order valence-corrected chi connectivity index (χ1v) is 7.85. The number of aromatic nitrogens is 2. The highest BCUT2D eigenvalue weighted by atomic mass is 19.4. The van der Waals surface area contributed by atoms with Crippen LogP contribution in [-0.2, 0) is 10.9 Å². The molecule has 7 nitrogen and oxygen atoms in total. The number of H-pyrrole nitrogens is 1. The van der Waals surface area contributed by atoms with Crippen LogP contribution in [0.5, 0.6) is 0 Å². The van der Waals surface area contributed by atoms with E-state index in [1.165, 1.54) is 24.1 Å². The molecule has 3 rings (SSSR count). The smallest absolute Gasteiger partial charge is 0.433 e. The Kier molecular flexibility index (Phi) is 4.75. The average molecular weight is 371 g/mol. The van der Waals surface area contributed by atoms with E-state index in [-0.39, 0.29) is 11.5 Å². The molecule has 0 spiro atoms. The highest BCUT2D eigenvalue weighted by molar-refractivity contribution is 5.68. The molecule has 0 aliphatic carbocycles. The third kappa shape index (κ3) is 3.58. The Balaban J connectivity index is 1.89. The maximum Gasteiger partial charge on any atom is 0.433 e. The number of carbonyl (C=O) groups excluding carboxylic acids is 1. The fourth-order valence-corrected chi connectivity index (χ4v) is 3.14. The number of aromatic amines is 1. The topological polar surface area (TPSA) is 88.4 Å². The van der Waals surface area contributed by atoms with Crippen LogP contribution >= 0.6 is 0 Å². The molecule has 0 saturated carbocycles. The van der Waals surface area contributed by atoms with Gasteiger partial charge in [0.05, 0.1) is 13.2 Å². The molecule has 0 aromatic carbocycles. The van der Waals surface area contributed by atoms with Crippen molar-refractivity contribution >= 4 is 6.09 Å². The summed E-state index contributed by atoms with van der Waals surface area (Å²) >= 11 is 0. The summed E-state index contributed by atoms with van der Waals surface area (Å²) in [5.41, 5.74) is -0.927. The van der Waals surface area contributed by atoms with Gasteiger partial charge in [-0.25, -0.2) is 4.79 Å². The molecule has 1 amide bonds. The molecule has 0 radical (unpaired) electrons. The Morgan fingerprint density at radius 2 is 2.19 bits per heavy atom. The van der Waals surface area contributed by atoms with E-state index in [1.54, 1.807) is 0 Å². The lowest BCUT2D eigenvalue weighted by Crippen LogP contribution is -2.40. The number of methoxy groups -OCH3 is 1. The summed E-state index contributed by atoms with van der Waals surface area (Å²) in [7, 11) is 1.24. The molecule has 1 N–H and O–H groups in total. The molecule has 140 valence electrons. The molecule has 2 aromatic heterocycles. The summed E-state index contributed by atoms with van der Waals surface area (Å²) in [6.07, 6.45) is -3.11. The maximum atomic E-state index is 12.7. The number of ether oxygens (including phenoxy) is 1. The highest BCUT2D eigenvalue weighted by Crippen LogP contribution is 2.39. The van der Waals surface area contributed by atoms with Gasteiger partial charge in [0.25, 0.3) is 5.56 Å². The third-order valence-electron chi connectivity index (χ3n) is 4.42. The molecule has 2 aromatic rings. The van der Waals surface area contributed by atoms with Gasteiger partial charge < -0.3 is 14.2 Å². The lowest BCUT2D eigenvalue weighted by molar-refractivity contribution is -0.141. The van der Waals surface area contributed by atoms with Crippen molar-refractivity contribution < 1.29 is 27.2 Å².